The van der Waals surface area contributed by atoms with E-state index >= 15 is 0 Å². The minimum absolute atomic E-state index is 0.112. The van der Waals surface area contributed by atoms with E-state index in [9.17, 15) is 9.59 Å². The molecule has 142 valence electrons. The summed E-state index contributed by atoms with van der Waals surface area (Å²) < 4.78 is 0. The molecule has 3 rings (SSSR count). The van der Waals surface area contributed by atoms with Gasteiger partial charge in [0.1, 0.15) is 0 Å². The normalized spacial score (nSPS) is 14.6. The number of carbonyl (C=O) groups excluding carboxylic acids is 2. The number of nitrogens with zero attached hydrogens (tertiary/aromatic N) is 2. The van der Waals surface area contributed by atoms with Crippen LogP contribution >= 0.6 is 23.4 Å². The number of benzene rings is 2. The minimum atomic E-state index is -0.162. The molecule has 1 saturated heterocycles. The van der Waals surface area contributed by atoms with Crippen LogP contribution in [0.15, 0.2) is 59.5 Å². The first-order chi connectivity index (χ1) is 13.1. The molecule has 0 aromatic heterocycles. The van der Waals surface area contributed by atoms with Crippen LogP contribution in [0.2, 0.25) is 5.02 Å². The number of rotatable bonds is 4. The van der Waals surface area contributed by atoms with E-state index in [1.165, 1.54) is 0 Å². The number of thioether (sulfide) groups is 1. The average molecular weight is 404 g/mol. The lowest BCUT2D eigenvalue weighted by Gasteiger charge is -2.22. The van der Waals surface area contributed by atoms with Gasteiger partial charge in [0.25, 0.3) is 0 Å². The van der Waals surface area contributed by atoms with Crippen LogP contribution in [0.4, 0.5) is 10.5 Å². The van der Waals surface area contributed by atoms with Crippen molar-refractivity contribution in [2.24, 2.45) is 0 Å². The summed E-state index contributed by atoms with van der Waals surface area (Å²) in [5, 5.41) is 3.45. The van der Waals surface area contributed by atoms with Crippen molar-refractivity contribution in [3.05, 3.63) is 59.6 Å². The zero-order valence-electron chi connectivity index (χ0n) is 14.9. The highest BCUT2D eigenvalue weighted by Gasteiger charge is 2.22. The zero-order valence-corrected chi connectivity index (χ0v) is 16.5. The Morgan fingerprint density at radius 2 is 1.70 bits per heavy atom. The molecule has 0 bridgehead atoms. The maximum Gasteiger partial charge on any atom is 0.321 e. The lowest BCUT2D eigenvalue weighted by atomic mass is 10.3. The molecule has 0 saturated carbocycles. The van der Waals surface area contributed by atoms with Crippen LogP contribution in [-0.4, -0.2) is 53.7 Å². The van der Waals surface area contributed by atoms with Gasteiger partial charge in [-0.15, -0.1) is 11.8 Å². The molecule has 1 heterocycles. The van der Waals surface area contributed by atoms with Gasteiger partial charge in [0.05, 0.1) is 5.75 Å². The van der Waals surface area contributed by atoms with E-state index in [0.29, 0.717) is 42.6 Å². The number of nitrogens with one attached hydrogen (secondary N) is 1. The summed E-state index contributed by atoms with van der Waals surface area (Å²) in [4.78, 5) is 29.7. The predicted octanol–water partition coefficient (Wildman–Crippen LogP) is 4.20. The number of urea groups is 1. The van der Waals surface area contributed by atoms with Crippen LogP contribution in [0.1, 0.15) is 6.42 Å². The molecule has 2 aromatic rings. The Kier molecular flexibility index (Phi) is 7.01. The average Bonchev–Trinajstić information content (AvgIpc) is 2.93. The Bertz CT molecular complexity index is 788. The molecular weight excluding hydrogens is 382 g/mol. The van der Waals surface area contributed by atoms with Crippen LogP contribution in [0.3, 0.4) is 0 Å². The van der Waals surface area contributed by atoms with Gasteiger partial charge in [-0.05, 0) is 36.8 Å². The Labute approximate surface area is 168 Å². The molecule has 5 nitrogen and oxygen atoms in total. The van der Waals surface area contributed by atoms with Gasteiger partial charge in [0, 0.05) is 41.8 Å². The van der Waals surface area contributed by atoms with Crippen LogP contribution in [0.5, 0.6) is 0 Å². The first-order valence-corrected chi connectivity index (χ1v) is 10.3. The van der Waals surface area contributed by atoms with Crippen LogP contribution in [0, 0.1) is 0 Å². The topological polar surface area (TPSA) is 52.7 Å². The fourth-order valence-electron chi connectivity index (χ4n) is 2.89. The number of amides is 3. The third kappa shape index (κ3) is 5.91. The van der Waals surface area contributed by atoms with Crippen molar-refractivity contribution in [3.63, 3.8) is 0 Å². The number of anilines is 1. The molecule has 2 aromatic carbocycles. The second-order valence-corrected chi connectivity index (χ2v) is 7.75. The highest BCUT2D eigenvalue weighted by molar-refractivity contribution is 8.00. The molecule has 1 aliphatic heterocycles. The highest BCUT2D eigenvalue weighted by Crippen LogP contribution is 2.18. The van der Waals surface area contributed by atoms with E-state index in [1.807, 2.05) is 35.2 Å². The third-order valence-corrected chi connectivity index (χ3v) is 5.55. The molecule has 27 heavy (non-hydrogen) atoms. The first-order valence-electron chi connectivity index (χ1n) is 8.89. The standard InChI is InChI=1S/C20H22ClN3O2S/c21-16-6-4-7-17(14-16)22-20(26)24-11-5-10-23(12-13-24)19(25)15-27-18-8-2-1-3-9-18/h1-4,6-9,14H,5,10-13,15H2,(H,22,26). The summed E-state index contributed by atoms with van der Waals surface area (Å²) >= 11 is 7.50. The molecule has 0 unspecified atom stereocenters. The molecule has 0 spiro atoms. The molecule has 0 atom stereocenters. The Hall–Kier alpha value is -2.18. The fourth-order valence-corrected chi connectivity index (χ4v) is 3.90. The summed E-state index contributed by atoms with van der Waals surface area (Å²) in [5.74, 6) is 0.527. The van der Waals surface area contributed by atoms with Gasteiger partial charge in [-0.2, -0.15) is 0 Å². The fraction of sp³-hybridized carbons (Fsp3) is 0.300. The molecule has 3 amide bonds. The van der Waals surface area contributed by atoms with E-state index in [2.05, 4.69) is 5.32 Å². The van der Waals surface area contributed by atoms with Crippen molar-refractivity contribution in [3.8, 4) is 0 Å². The van der Waals surface area contributed by atoms with Crippen LogP contribution in [0.25, 0.3) is 0 Å². The minimum Gasteiger partial charge on any atom is -0.340 e. The monoisotopic (exact) mass is 403 g/mol. The summed E-state index contributed by atoms with van der Waals surface area (Å²) in [6.07, 6.45) is 0.769. The lowest BCUT2D eigenvalue weighted by molar-refractivity contribution is -0.128. The molecule has 0 aliphatic carbocycles. The van der Waals surface area contributed by atoms with Gasteiger partial charge in [-0.25, -0.2) is 4.79 Å². The van der Waals surface area contributed by atoms with Crippen molar-refractivity contribution in [2.45, 2.75) is 11.3 Å². The van der Waals surface area contributed by atoms with Crippen LogP contribution < -0.4 is 5.32 Å². The summed E-state index contributed by atoms with van der Waals surface area (Å²) in [6, 6.07) is 16.8. The largest absolute Gasteiger partial charge is 0.340 e. The van der Waals surface area contributed by atoms with Crippen LogP contribution in [-0.2, 0) is 4.79 Å². The van der Waals surface area contributed by atoms with Gasteiger partial charge in [0.2, 0.25) is 5.91 Å². The van der Waals surface area contributed by atoms with Crippen molar-refractivity contribution >= 4 is 41.0 Å². The Morgan fingerprint density at radius 3 is 2.48 bits per heavy atom. The summed E-state index contributed by atoms with van der Waals surface area (Å²) in [6.45, 7) is 2.38. The Balaban J connectivity index is 1.49. The smallest absolute Gasteiger partial charge is 0.321 e. The van der Waals surface area contributed by atoms with Gasteiger partial charge in [0.15, 0.2) is 0 Å². The number of halogens is 1. The number of carbonyl (C=O) groups is 2. The van der Waals surface area contributed by atoms with Gasteiger partial charge in [-0.3, -0.25) is 4.79 Å². The van der Waals surface area contributed by atoms with E-state index < -0.39 is 0 Å². The van der Waals surface area contributed by atoms with Gasteiger partial charge in [-0.1, -0.05) is 35.9 Å². The summed E-state index contributed by atoms with van der Waals surface area (Å²) in [5.41, 5.74) is 0.670. The third-order valence-electron chi connectivity index (χ3n) is 4.32. The highest BCUT2D eigenvalue weighted by atomic mass is 35.5. The SMILES string of the molecule is O=C(CSc1ccccc1)N1CCCN(C(=O)Nc2cccc(Cl)c2)CC1. The number of hydrogen-bond donors (Lipinski definition) is 1. The van der Waals surface area contributed by atoms with Crippen molar-refractivity contribution in [1.82, 2.24) is 9.80 Å². The maximum atomic E-state index is 12.5. The van der Waals surface area contributed by atoms with Crippen molar-refractivity contribution in [1.29, 1.82) is 0 Å². The van der Waals surface area contributed by atoms with E-state index in [1.54, 1.807) is 40.9 Å². The molecule has 0 radical (unpaired) electrons. The van der Waals surface area contributed by atoms with E-state index in [0.717, 1.165) is 11.3 Å². The second kappa shape index (κ2) is 9.67. The number of hydrogen-bond acceptors (Lipinski definition) is 3. The van der Waals surface area contributed by atoms with Crippen molar-refractivity contribution in [2.75, 3.05) is 37.2 Å². The van der Waals surface area contributed by atoms with E-state index in [4.69, 9.17) is 11.6 Å². The van der Waals surface area contributed by atoms with Crippen molar-refractivity contribution < 1.29 is 9.59 Å². The quantitative estimate of drug-likeness (QED) is 0.778. The lowest BCUT2D eigenvalue weighted by Crippen LogP contribution is -2.39. The zero-order chi connectivity index (χ0) is 19.1. The predicted molar refractivity (Wildman–Crippen MR) is 110 cm³/mol. The molecule has 1 aliphatic rings. The maximum absolute atomic E-state index is 12.5. The van der Waals surface area contributed by atoms with Gasteiger partial charge >= 0.3 is 6.03 Å². The summed E-state index contributed by atoms with van der Waals surface area (Å²) in [7, 11) is 0. The second-order valence-electron chi connectivity index (χ2n) is 6.26. The first kappa shape index (κ1) is 19.6. The molecular formula is C20H22ClN3O2S. The van der Waals surface area contributed by atoms with E-state index in [-0.39, 0.29) is 11.9 Å². The molecule has 1 fully saturated rings. The van der Waals surface area contributed by atoms with Gasteiger partial charge < -0.3 is 15.1 Å². The Morgan fingerprint density at radius 1 is 0.963 bits per heavy atom. The molecule has 7 heteroatoms. The molecule has 1 N–H and O–H groups in total.